The summed E-state index contributed by atoms with van der Waals surface area (Å²) in [5.74, 6) is -0.379. The molecule has 5 heteroatoms. The Balaban J connectivity index is 2.68. The number of hydrogen-bond donors (Lipinski definition) is 2. The third kappa shape index (κ3) is 3.47. The molecule has 3 nitrogen and oxygen atoms in total. The lowest BCUT2D eigenvalue weighted by molar-refractivity contribution is -0.123. The Morgan fingerprint density at radius 1 is 1.56 bits per heavy atom. The summed E-state index contributed by atoms with van der Waals surface area (Å²) in [7, 11) is 0. The summed E-state index contributed by atoms with van der Waals surface area (Å²) in [6, 6.07) is 5.65. The second-order valence-corrected chi connectivity index (χ2v) is 5.35. The van der Waals surface area contributed by atoms with Crippen LogP contribution in [0.15, 0.2) is 22.7 Å². The van der Waals surface area contributed by atoms with Crippen molar-refractivity contribution in [2.45, 2.75) is 25.9 Å². The molecule has 0 saturated heterocycles. The van der Waals surface area contributed by atoms with Crippen LogP contribution in [0.1, 0.15) is 19.4 Å². The summed E-state index contributed by atoms with van der Waals surface area (Å²) < 4.78 is 0.854. The molecule has 1 rings (SSSR count). The number of nitrogens with one attached hydrogen (secondary N) is 1. The summed E-state index contributed by atoms with van der Waals surface area (Å²) in [5.41, 5.74) is 5.53. The molecule has 0 radical (unpaired) electrons. The number of amides is 1. The van der Waals surface area contributed by atoms with Gasteiger partial charge in [0.1, 0.15) is 0 Å². The van der Waals surface area contributed by atoms with E-state index >= 15 is 0 Å². The molecule has 88 valence electrons. The van der Waals surface area contributed by atoms with Crippen LogP contribution in [0.4, 0.5) is 0 Å². The van der Waals surface area contributed by atoms with Crippen molar-refractivity contribution in [3.05, 3.63) is 33.3 Å². The van der Waals surface area contributed by atoms with E-state index < -0.39 is 5.54 Å². The fourth-order valence-electron chi connectivity index (χ4n) is 1.06. The van der Waals surface area contributed by atoms with Crippen LogP contribution in [0.5, 0.6) is 0 Å². The van der Waals surface area contributed by atoms with Gasteiger partial charge in [0.05, 0.1) is 10.6 Å². The Kier molecular flexibility index (Phi) is 4.35. The highest BCUT2D eigenvalue weighted by molar-refractivity contribution is 9.10. The molecule has 0 spiro atoms. The van der Waals surface area contributed by atoms with Gasteiger partial charge in [-0.25, -0.2) is 0 Å². The first-order valence-electron chi connectivity index (χ1n) is 4.82. The van der Waals surface area contributed by atoms with Crippen LogP contribution in [0.2, 0.25) is 5.02 Å². The zero-order valence-corrected chi connectivity index (χ0v) is 11.5. The largest absolute Gasteiger partial charge is 0.368 e. The summed E-state index contributed by atoms with van der Waals surface area (Å²) in [5, 5.41) is 3.72. The van der Waals surface area contributed by atoms with Gasteiger partial charge in [-0.3, -0.25) is 10.1 Å². The maximum Gasteiger partial charge on any atom is 0.237 e. The minimum absolute atomic E-state index is 0.379. The Bertz CT molecular complexity index is 407. The lowest BCUT2D eigenvalue weighted by Gasteiger charge is -2.22. The molecule has 0 aliphatic carbocycles. The highest BCUT2D eigenvalue weighted by atomic mass is 79.9. The fourth-order valence-corrected chi connectivity index (χ4v) is 1.51. The lowest BCUT2D eigenvalue weighted by atomic mass is 10.0. The Labute approximate surface area is 108 Å². The molecular formula is C11H14BrClN2O. The van der Waals surface area contributed by atoms with Crippen LogP contribution in [0.25, 0.3) is 0 Å². The zero-order valence-electron chi connectivity index (χ0n) is 9.18. The molecule has 0 heterocycles. The summed E-state index contributed by atoms with van der Waals surface area (Å²) in [6.07, 6.45) is 0. The van der Waals surface area contributed by atoms with E-state index in [1.54, 1.807) is 13.8 Å². The second-order valence-electron chi connectivity index (χ2n) is 4.09. The Morgan fingerprint density at radius 3 is 2.69 bits per heavy atom. The van der Waals surface area contributed by atoms with Crippen LogP contribution in [0, 0.1) is 0 Å². The van der Waals surface area contributed by atoms with E-state index in [1.807, 2.05) is 18.2 Å². The third-order valence-corrected chi connectivity index (χ3v) is 3.57. The molecule has 1 amide bonds. The summed E-state index contributed by atoms with van der Waals surface area (Å²) in [4.78, 5) is 11.1. The fraction of sp³-hybridized carbons (Fsp3) is 0.364. The molecule has 1 aromatic carbocycles. The molecular weight excluding hydrogens is 291 g/mol. The van der Waals surface area contributed by atoms with E-state index in [4.69, 9.17) is 17.3 Å². The molecule has 0 unspecified atom stereocenters. The van der Waals surface area contributed by atoms with Crippen LogP contribution >= 0.6 is 27.5 Å². The van der Waals surface area contributed by atoms with E-state index in [9.17, 15) is 4.79 Å². The van der Waals surface area contributed by atoms with Gasteiger partial charge in [-0.1, -0.05) is 17.7 Å². The van der Waals surface area contributed by atoms with Crippen molar-refractivity contribution in [3.8, 4) is 0 Å². The van der Waals surface area contributed by atoms with Gasteiger partial charge in [-0.2, -0.15) is 0 Å². The predicted molar refractivity (Wildman–Crippen MR) is 69.3 cm³/mol. The van der Waals surface area contributed by atoms with Crippen molar-refractivity contribution in [1.29, 1.82) is 0 Å². The minimum atomic E-state index is -0.723. The molecule has 3 N–H and O–H groups in total. The molecule has 0 aliphatic rings. The number of primary amides is 1. The average Bonchev–Trinajstić information content (AvgIpc) is 2.20. The van der Waals surface area contributed by atoms with Crippen LogP contribution in [0.3, 0.4) is 0 Å². The normalized spacial score (nSPS) is 11.5. The van der Waals surface area contributed by atoms with Gasteiger partial charge in [0.2, 0.25) is 5.91 Å². The first-order chi connectivity index (χ1) is 7.33. The van der Waals surface area contributed by atoms with Crippen molar-refractivity contribution < 1.29 is 4.79 Å². The van der Waals surface area contributed by atoms with E-state index in [-0.39, 0.29) is 5.91 Å². The van der Waals surface area contributed by atoms with Gasteiger partial charge < -0.3 is 5.73 Å². The van der Waals surface area contributed by atoms with E-state index in [0.29, 0.717) is 11.6 Å². The lowest BCUT2D eigenvalue weighted by Crippen LogP contribution is -2.50. The number of benzene rings is 1. The van der Waals surface area contributed by atoms with Crippen LogP contribution < -0.4 is 11.1 Å². The van der Waals surface area contributed by atoms with E-state index in [1.165, 1.54) is 0 Å². The molecule has 0 fully saturated rings. The van der Waals surface area contributed by atoms with Crippen molar-refractivity contribution in [2.75, 3.05) is 0 Å². The molecule has 0 aromatic heterocycles. The maximum absolute atomic E-state index is 11.1. The SMILES string of the molecule is CC(C)(NCc1ccc(Br)c(Cl)c1)C(N)=O. The van der Waals surface area contributed by atoms with Crippen LogP contribution in [-0.2, 0) is 11.3 Å². The van der Waals surface area contributed by atoms with Crippen molar-refractivity contribution >= 4 is 33.4 Å². The van der Waals surface area contributed by atoms with Gasteiger partial charge in [0, 0.05) is 11.0 Å². The molecule has 0 saturated carbocycles. The minimum Gasteiger partial charge on any atom is -0.368 e. The van der Waals surface area contributed by atoms with Gasteiger partial charge in [-0.15, -0.1) is 0 Å². The Morgan fingerprint density at radius 2 is 2.19 bits per heavy atom. The summed E-state index contributed by atoms with van der Waals surface area (Å²) >= 11 is 9.28. The van der Waals surface area contributed by atoms with E-state index in [0.717, 1.165) is 10.0 Å². The molecule has 0 atom stereocenters. The average molecular weight is 306 g/mol. The first-order valence-corrected chi connectivity index (χ1v) is 5.99. The van der Waals surface area contributed by atoms with Crippen molar-refractivity contribution in [1.82, 2.24) is 5.32 Å². The smallest absolute Gasteiger partial charge is 0.237 e. The molecule has 0 aliphatic heterocycles. The number of hydrogen-bond acceptors (Lipinski definition) is 2. The van der Waals surface area contributed by atoms with E-state index in [2.05, 4.69) is 21.2 Å². The highest BCUT2D eigenvalue weighted by Crippen LogP contribution is 2.23. The summed E-state index contributed by atoms with van der Waals surface area (Å²) in [6.45, 7) is 4.04. The van der Waals surface area contributed by atoms with Crippen molar-refractivity contribution in [2.24, 2.45) is 5.73 Å². The van der Waals surface area contributed by atoms with Gasteiger partial charge in [-0.05, 0) is 47.5 Å². The molecule has 0 bridgehead atoms. The topological polar surface area (TPSA) is 55.1 Å². The predicted octanol–water partition coefficient (Wildman–Crippen LogP) is 2.46. The standard InChI is InChI=1S/C11H14BrClN2O/c1-11(2,10(14)16)15-6-7-3-4-8(12)9(13)5-7/h3-5,15H,6H2,1-2H3,(H2,14,16). The highest BCUT2D eigenvalue weighted by Gasteiger charge is 2.23. The number of carbonyl (C=O) groups is 1. The van der Waals surface area contributed by atoms with Crippen LogP contribution in [-0.4, -0.2) is 11.4 Å². The number of halogens is 2. The maximum atomic E-state index is 11.1. The van der Waals surface area contributed by atoms with Gasteiger partial charge in [0.15, 0.2) is 0 Å². The quantitative estimate of drug-likeness (QED) is 0.898. The zero-order chi connectivity index (χ0) is 12.3. The van der Waals surface area contributed by atoms with Gasteiger partial charge >= 0.3 is 0 Å². The molecule has 16 heavy (non-hydrogen) atoms. The Hall–Kier alpha value is -0.580. The monoisotopic (exact) mass is 304 g/mol. The van der Waals surface area contributed by atoms with Gasteiger partial charge in [0.25, 0.3) is 0 Å². The number of rotatable bonds is 4. The van der Waals surface area contributed by atoms with Crippen molar-refractivity contribution in [3.63, 3.8) is 0 Å². The number of nitrogens with two attached hydrogens (primary N) is 1. The second kappa shape index (κ2) is 5.17. The molecule has 1 aromatic rings. The number of carbonyl (C=O) groups excluding carboxylic acids is 1. The first kappa shape index (κ1) is 13.5. The third-order valence-electron chi connectivity index (χ3n) is 2.33.